The van der Waals surface area contributed by atoms with Gasteiger partial charge in [-0.15, -0.1) is 11.3 Å². The first-order valence-corrected chi connectivity index (χ1v) is 9.68. The summed E-state index contributed by atoms with van der Waals surface area (Å²) < 4.78 is 12.9. The van der Waals surface area contributed by atoms with Crippen LogP contribution < -0.4 is 14.3 Å². The molecule has 0 radical (unpaired) electrons. The Balaban J connectivity index is 2.12. The van der Waals surface area contributed by atoms with Crippen LogP contribution in [0.2, 0.25) is 0 Å². The molecule has 1 N–H and O–H groups in total. The van der Waals surface area contributed by atoms with Crippen LogP contribution in [0.4, 0.5) is 5.69 Å². The SMILES string of the molecule is COc1ccc(-c2csc(=Nc3ccccc3C)n2CCCO)cc1OC. The zero-order chi connectivity index (χ0) is 19.2. The number of hydrogen-bond donors (Lipinski definition) is 1. The molecule has 0 atom stereocenters. The number of ether oxygens (including phenoxy) is 2. The van der Waals surface area contributed by atoms with Gasteiger partial charge < -0.3 is 19.1 Å². The summed E-state index contributed by atoms with van der Waals surface area (Å²) in [6, 6.07) is 14.0. The van der Waals surface area contributed by atoms with Crippen LogP contribution in [0.5, 0.6) is 11.5 Å². The zero-order valence-electron chi connectivity index (χ0n) is 15.8. The molecule has 27 heavy (non-hydrogen) atoms. The van der Waals surface area contributed by atoms with Gasteiger partial charge in [0.2, 0.25) is 0 Å². The average molecular weight is 385 g/mol. The number of hydrogen-bond acceptors (Lipinski definition) is 5. The Morgan fingerprint density at radius 1 is 1.07 bits per heavy atom. The lowest BCUT2D eigenvalue weighted by molar-refractivity contribution is 0.279. The number of aliphatic hydroxyl groups excluding tert-OH is 1. The smallest absolute Gasteiger partial charge is 0.190 e. The van der Waals surface area contributed by atoms with Gasteiger partial charge in [-0.05, 0) is 43.2 Å². The quantitative estimate of drug-likeness (QED) is 0.666. The molecule has 0 spiro atoms. The second-order valence-electron chi connectivity index (χ2n) is 6.10. The predicted octanol–water partition coefficient (Wildman–Crippen LogP) is 4.16. The van der Waals surface area contributed by atoms with E-state index >= 15 is 0 Å². The Hall–Kier alpha value is -2.57. The molecule has 0 unspecified atom stereocenters. The molecule has 0 saturated heterocycles. The van der Waals surface area contributed by atoms with Crippen LogP contribution in [0.15, 0.2) is 52.8 Å². The fraction of sp³-hybridized carbons (Fsp3) is 0.286. The minimum atomic E-state index is 0.137. The highest BCUT2D eigenvalue weighted by molar-refractivity contribution is 7.07. The van der Waals surface area contributed by atoms with Gasteiger partial charge in [0.25, 0.3) is 0 Å². The van der Waals surface area contributed by atoms with Crippen molar-refractivity contribution in [2.75, 3.05) is 20.8 Å². The number of aliphatic hydroxyl groups is 1. The molecule has 0 fully saturated rings. The van der Waals surface area contributed by atoms with Gasteiger partial charge in [0, 0.05) is 24.1 Å². The van der Waals surface area contributed by atoms with Gasteiger partial charge in [-0.2, -0.15) is 0 Å². The van der Waals surface area contributed by atoms with Crippen molar-refractivity contribution in [3.8, 4) is 22.8 Å². The van der Waals surface area contributed by atoms with E-state index in [0.717, 1.165) is 27.3 Å². The van der Waals surface area contributed by atoms with E-state index in [1.165, 1.54) is 0 Å². The van der Waals surface area contributed by atoms with E-state index in [0.29, 0.717) is 24.5 Å². The summed E-state index contributed by atoms with van der Waals surface area (Å²) in [7, 11) is 3.26. The second kappa shape index (κ2) is 8.88. The molecule has 0 bridgehead atoms. The lowest BCUT2D eigenvalue weighted by atomic mass is 10.1. The van der Waals surface area contributed by atoms with Gasteiger partial charge in [-0.1, -0.05) is 18.2 Å². The van der Waals surface area contributed by atoms with Gasteiger partial charge >= 0.3 is 0 Å². The highest BCUT2D eigenvalue weighted by Gasteiger charge is 2.12. The van der Waals surface area contributed by atoms with Crippen molar-refractivity contribution in [1.29, 1.82) is 0 Å². The summed E-state index contributed by atoms with van der Waals surface area (Å²) in [4.78, 5) is 5.77. The molecular formula is C21H24N2O3S. The monoisotopic (exact) mass is 384 g/mol. The molecule has 142 valence electrons. The minimum absolute atomic E-state index is 0.137. The second-order valence-corrected chi connectivity index (χ2v) is 6.94. The number of aryl methyl sites for hydroxylation is 1. The number of aromatic nitrogens is 1. The van der Waals surface area contributed by atoms with Crippen molar-refractivity contribution in [2.24, 2.45) is 4.99 Å². The van der Waals surface area contributed by atoms with E-state index in [1.54, 1.807) is 25.6 Å². The first kappa shape index (κ1) is 19.2. The van der Waals surface area contributed by atoms with Gasteiger partial charge in [0.1, 0.15) is 0 Å². The molecule has 5 nitrogen and oxygen atoms in total. The summed E-state index contributed by atoms with van der Waals surface area (Å²) in [6.07, 6.45) is 0.665. The molecule has 6 heteroatoms. The normalized spacial score (nSPS) is 11.6. The van der Waals surface area contributed by atoms with Gasteiger partial charge in [-0.25, -0.2) is 4.99 Å². The Morgan fingerprint density at radius 3 is 2.56 bits per heavy atom. The van der Waals surface area contributed by atoms with E-state index in [-0.39, 0.29) is 6.61 Å². The molecule has 0 amide bonds. The van der Waals surface area contributed by atoms with Crippen molar-refractivity contribution in [2.45, 2.75) is 19.9 Å². The maximum Gasteiger partial charge on any atom is 0.190 e. The molecular weight excluding hydrogens is 360 g/mol. The van der Waals surface area contributed by atoms with Crippen molar-refractivity contribution in [1.82, 2.24) is 4.57 Å². The number of rotatable bonds is 7. The van der Waals surface area contributed by atoms with Gasteiger partial charge in [-0.3, -0.25) is 0 Å². The van der Waals surface area contributed by atoms with E-state index in [2.05, 4.69) is 22.9 Å². The fourth-order valence-corrected chi connectivity index (χ4v) is 3.83. The summed E-state index contributed by atoms with van der Waals surface area (Å²) in [5.74, 6) is 1.38. The maximum atomic E-state index is 9.32. The van der Waals surface area contributed by atoms with Crippen LogP contribution >= 0.6 is 11.3 Å². The van der Waals surface area contributed by atoms with E-state index in [4.69, 9.17) is 14.5 Å². The zero-order valence-corrected chi connectivity index (χ0v) is 16.6. The number of nitrogens with zero attached hydrogens (tertiary/aromatic N) is 2. The summed E-state index contributed by atoms with van der Waals surface area (Å²) in [6.45, 7) is 2.88. The number of benzene rings is 2. The van der Waals surface area contributed by atoms with Gasteiger partial charge in [0.05, 0.1) is 25.6 Å². The first-order chi connectivity index (χ1) is 13.2. The topological polar surface area (TPSA) is 56.0 Å². The molecule has 0 saturated carbocycles. The first-order valence-electron chi connectivity index (χ1n) is 8.80. The third kappa shape index (κ3) is 4.23. The Bertz CT molecular complexity index is 976. The third-order valence-corrected chi connectivity index (χ3v) is 5.21. The summed E-state index contributed by atoms with van der Waals surface area (Å²) in [5, 5.41) is 11.4. The van der Waals surface area contributed by atoms with E-state index in [1.807, 2.05) is 36.4 Å². The molecule has 1 aromatic heterocycles. The molecule has 3 rings (SSSR count). The molecule has 3 aromatic rings. The lowest BCUT2D eigenvalue weighted by Crippen LogP contribution is -2.16. The van der Waals surface area contributed by atoms with Crippen molar-refractivity contribution < 1.29 is 14.6 Å². The highest BCUT2D eigenvalue weighted by Crippen LogP contribution is 2.32. The lowest BCUT2D eigenvalue weighted by Gasteiger charge is -2.12. The molecule has 1 heterocycles. The van der Waals surface area contributed by atoms with Crippen molar-refractivity contribution >= 4 is 17.0 Å². The highest BCUT2D eigenvalue weighted by atomic mass is 32.1. The van der Waals surface area contributed by atoms with Crippen molar-refractivity contribution in [3.05, 3.63) is 58.2 Å². The fourth-order valence-electron chi connectivity index (χ4n) is 2.88. The number of para-hydroxylation sites is 1. The summed E-state index contributed by atoms with van der Waals surface area (Å²) >= 11 is 1.59. The standard InChI is InChI=1S/C21H24N2O3S/c1-15-7-4-5-8-17(15)22-21-23(11-6-12-24)18(14-27-21)16-9-10-19(25-2)20(13-16)26-3/h4-5,7-10,13-14,24H,6,11-12H2,1-3H3. The van der Waals surface area contributed by atoms with E-state index in [9.17, 15) is 5.11 Å². The van der Waals surface area contributed by atoms with Crippen LogP contribution in [0, 0.1) is 6.92 Å². The molecule has 0 aliphatic heterocycles. The minimum Gasteiger partial charge on any atom is -0.493 e. The van der Waals surface area contributed by atoms with Crippen LogP contribution in [0.3, 0.4) is 0 Å². The largest absolute Gasteiger partial charge is 0.493 e. The average Bonchev–Trinajstić information content (AvgIpc) is 3.09. The molecule has 2 aromatic carbocycles. The van der Waals surface area contributed by atoms with Crippen LogP contribution in [0.1, 0.15) is 12.0 Å². The van der Waals surface area contributed by atoms with Gasteiger partial charge in [0.15, 0.2) is 16.3 Å². The molecule has 0 aliphatic carbocycles. The Labute approximate surface area is 163 Å². The summed E-state index contributed by atoms with van der Waals surface area (Å²) in [5.41, 5.74) is 4.15. The van der Waals surface area contributed by atoms with Crippen molar-refractivity contribution in [3.63, 3.8) is 0 Å². The number of thiazole rings is 1. The Kier molecular flexibility index (Phi) is 6.32. The van der Waals surface area contributed by atoms with E-state index < -0.39 is 0 Å². The Morgan fingerprint density at radius 2 is 1.85 bits per heavy atom. The maximum absolute atomic E-state index is 9.32. The van der Waals surface area contributed by atoms with Crippen LogP contribution in [-0.2, 0) is 6.54 Å². The third-order valence-electron chi connectivity index (χ3n) is 4.35. The number of methoxy groups -OCH3 is 2. The predicted molar refractivity (Wildman–Crippen MR) is 109 cm³/mol. The van der Waals surface area contributed by atoms with Crippen LogP contribution in [-0.4, -0.2) is 30.5 Å². The molecule has 0 aliphatic rings. The van der Waals surface area contributed by atoms with Crippen LogP contribution in [0.25, 0.3) is 11.3 Å².